The van der Waals surface area contributed by atoms with Gasteiger partial charge in [-0.2, -0.15) is 0 Å². The van der Waals surface area contributed by atoms with Gasteiger partial charge >= 0.3 is 23.7 Å². The molecule has 0 spiro atoms. The lowest BCUT2D eigenvalue weighted by molar-refractivity contribution is -0.146. The summed E-state index contributed by atoms with van der Waals surface area (Å²) in [6.45, 7) is -0.186. The van der Waals surface area contributed by atoms with Crippen molar-refractivity contribution in [2.45, 2.75) is 32.1 Å². The topological polar surface area (TPSA) is 130 Å². The first-order chi connectivity index (χ1) is 18.9. The number of rotatable bonds is 10. The first-order valence-corrected chi connectivity index (χ1v) is 12.1. The lowest BCUT2D eigenvalue weighted by atomic mass is 10.0. The molecule has 0 radical (unpaired) electrons. The van der Waals surface area contributed by atoms with Crippen LogP contribution in [0.1, 0.15) is 24.0 Å². The Morgan fingerprint density at radius 2 is 1.69 bits per heavy atom. The third-order valence-corrected chi connectivity index (χ3v) is 6.03. The summed E-state index contributed by atoms with van der Waals surface area (Å²) < 4.78 is 26.0. The molecule has 10 heteroatoms. The number of carbonyl (C=O) groups excluding carboxylic acids is 3. The highest BCUT2D eigenvalue weighted by Crippen LogP contribution is 2.30. The van der Waals surface area contributed by atoms with Crippen molar-refractivity contribution in [1.29, 1.82) is 0 Å². The summed E-state index contributed by atoms with van der Waals surface area (Å²) in [5, 5.41) is 4.69. The van der Waals surface area contributed by atoms with E-state index in [1.165, 1.54) is 13.2 Å². The monoisotopic (exact) mass is 533 g/mol. The summed E-state index contributed by atoms with van der Waals surface area (Å²) in [7, 11) is 2.73. The van der Waals surface area contributed by atoms with Crippen molar-refractivity contribution in [1.82, 2.24) is 5.32 Å². The first kappa shape index (κ1) is 27.2. The molecule has 0 saturated carbocycles. The van der Waals surface area contributed by atoms with Gasteiger partial charge in [0.2, 0.25) is 0 Å². The highest BCUT2D eigenvalue weighted by atomic mass is 16.6. The van der Waals surface area contributed by atoms with Gasteiger partial charge < -0.3 is 28.7 Å². The number of nitrogens with one attached hydrogen (secondary N) is 1. The minimum absolute atomic E-state index is 0.0161. The average Bonchev–Trinajstić information content (AvgIpc) is 2.96. The summed E-state index contributed by atoms with van der Waals surface area (Å²) in [4.78, 5) is 49.1. The number of fused-ring (bicyclic) bond motifs is 3. The molecule has 1 aromatic heterocycles. The van der Waals surface area contributed by atoms with Gasteiger partial charge in [-0.1, -0.05) is 42.5 Å². The van der Waals surface area contributed by atoms with E-state index in [-0.39, 0.29) is 26.1 Å². The second-order valence-corrected chi connectivity index (χ2v) is 8.60. The number of amides is 1. The summed E-state index contributed by atoms with van der Waals surface area (Å²) in [6, 6.07) is 18.2. The Kier molecular flexibility index (Phi) is 8.78. The smallest absolute Gasteiger partial charge is 0.408 e. The van der Waals surface area contributed by atoms with Crippen molar-refractivity contribution in [3.05, 3.63) is 88.3 Å². The van der Waals surface area contributed by atoms with Gasteiger partial charge in [0.15, 0.2) is 0 Å². The van der Waals surface area contributed by atoms with Crippen LogP contribution in [0.2, 0.25) is 0 Å². The molecule has 0 bridgehead atoms. The molecule has 1 heterocycles. The van der Waals surface area contributed by atoms with Crippen molar-refractivity contribution in [3.8, 4) is 5.75 Å². The average molecular weight is 534 g/mol. The fraction of sp³-hybridized carbons (Fsp3) is 0.241. The Morgan fingerprint density at radius 3 is 2.44 bits per heavy atom. The van der Waals surface area contributed by atoms with Gasteiger partial charge in [0.1, 0.15) is 30.6 Å². The highest BCUT2D eigenvalue weighted by molar-refractivity contribution is 6.07. The molecule has 0 aliphatic carbocycles. The number of benzene rings is 3. The molecule has 1 atom stereocenters. The maximum Gasteiger partial charge on any atom is 0.408 e. The number of methoxy groups -OCH3 is 2. The minimum Gasteiger partial charge on any atom is -0.497 e. The molecular formula is C29H27NO9. The minimum atomic E-state index is -1.12. The van der Waals surface area contributed by atoms with Crippen molar-refractivity contribution >= 4 is 39.8 Å². The molecule has 0 unspecified atom stereocenters. The Morgan fingerprint density at radius 1 is 0.923 bits per heavy atom. The summed E-state index contributed by atoms with van der Waals surface area (Å²) in [5.74, 6) is -0.748. The lowest BCUT2D eigenvalue weighted by Gasteiger charge is -2.16. The van der Waals surface area contributed by atoms with Crippen molar-refractivity contribution in [2.75, 3.05) is 14.2 Å². The van der Waals surface area contributed by atoms with E-state index in [0.717, 1.165) is 16.3 Å². The van der Waals surface area contributed by atoms with Crippen LogP contribution in [0.3, 0.4) is 0 Å². The Hall–Kier alpha value is -4.86. The van der Waals surface area contributed by atoms with Crippen LogP contribution >= 0.6 is 0 Å². The quantitative estimate of drug-likeness (QED) is 0.138. The molecule has 202 valence electrons. The maximum absolute atomic E-state index is 12.6. The number of esters is 2. The summed E-state index contributed by atoms with van der Waals surface area (Å²) in [6.07, 6.45) is -1.11. The van der Waals surface area contributed by atoms with Gasteiger partial charge in [-0.25, -0.2) is 14.4 Å². The molecule has 1 amide bonds. The molecule has 10 nitrogen and oxygen atoms in total. The summed E-state index contributed by atoms with van der Waals surface area (Å²) in [5.41, 5.74) is 0.998. The second kappa shape index (κ2) is 12.6. The third-order valence-electron chi connectivity index (χ3n) is 6.03. The standard InChI is InChI=1S/C29H27NO9/c1-35-21-10-8-19-9-12-24-27(22(19)15-21)20(14-26(32)39-24)17-37-25(31)13-11-23(28(33)36-2)30-29(34)38-16-18-6-4-3-5-7-18/h3-10,12,14-15,23H,11,13,16-17H2,1-2H3,(H,30,34)/t23-/m0/s1. The van der Waals surface area contributed by atoms with Gasteiger partial charge in [0, 0.05) is 23.4 Å². The highest BCUT2D eigenvalue weighted by Gasteiger charge is 2.24. The van der Waals surface area contributed by atoms with Crippen LogP contribution in [0.4, 0.5) is 4.79 Å². The predicted octanol–water partition coefficient (Wildman–Crippen LogP) is 4.25. The third kappa shape index (κ3) is 6.92. The fourth-order valence-corrected chi connectivity index (χ4v) is 4.08. The molecular weight excluding hydrogens is 506 g/mol. The van der Waals surface area contributed by atoms with E-state index in [0.29, 0.717) is 22.3 Å². The van der Waals surface area contributed by atoms with E-state index in [1.54, 1.807) is 25.3 Å². The Balaban J connectivity index is 1.41. The zero-order valence-corrected chi connectivity index (χ0v) is 21.4. The largest absolute Gasteiger partial charge is 0.497 e. The molecule has 0 aliphatic heterocycles. The van der Waals surface area contributed by atoms with Crippen LogP contribution in [0, 0.1) is 0 Å². The molecule has 0 saturated heterocycles. The van der Waals surface area contributed by atoms with E-state index in [2.05, 4.69) is 5.32 Å². The Labute approximate surface area is 223 Å². The zero-order valence-electron chi connectivity index (χ0n) is 21.4. The number of alkyl carbamates (subject to hydrolysis) is 1. The van der Waals surface area contributed by atoms with Gasteiger partial charge in [-0.3, -0.25) is 4.79 Å². The van der Waals surface area contributed by atoms with Gasteiger partial charge in [-0.05, 0) is 41.0 Å². The number of hydrogen-bond acceptors (Lipinski definition) is 9. The number of hydrogen-bond donors (Lipinski definition) is 1. The molecule has 1 N–H and O–H groups in total. The van der Waals surface area contributed by atoms with Crippen LogP contribution in [0.25, 0.3) is 21.7 Å². The van der Waals surface area contributed by atoms with Crippen LogP contribution < -0.4 is 15.7 Å². The van der Waals surface area contributed by atoms with Crippen LogP contribution in [-0.4, -0.2) is 38.3 Å². The van der Waals surface area contributed by atoms with E-state index >= 15 is 0 Å². The van der Waals surface area contributed by atoms with Gasteiger partial charge in [-0.15, -0.1) is 0 Å². The molecule has 4 aromatic rings. The SMILES string of the molecule is COC(=O)[C@H](CCC(=O)OCc1cc(=O)oc2ccc3ccc(OC)cc3c12)NC(=O)OCc1ccccc1. The van der Waals surface area contributed by atoms with Crippen LogP contribution in [0.5, 0.6) is 5.75 Å². The van der Waals surface area contributed by atoms with Crippen molar-refractivity contribution in [2.24, 2.45) is 0 Å². The predicted molar refractivity (Wildman–Crippen MR) is 141 cm³/mol. The van der Waals surface area contributed by atoms with E-state index in [1.807, 2.05) is 42.5 Å². The number of carbonyl (C=O) groups is 3. The maximum atomic E-state index is 12.6. The second-order valence-electron chi connectivity index (χ2n) is 8.60. The molecule has 3 aromatic carbocycles. The van der Waals surface area contributed by atoms with Crippen LogP contribution in [0.15, 0.2) is 75.9 Å². The molecule has 4 rings (SSSR count). The van der Waals surface area contributed by atoms with E-state index in [4.69, 9.17) is 23.4 Å². The first-order valence-electron chi connectivity index (χ1n) is 12.1. The number of ether oxygens (including phenoxy) is 4. The van der Waals surface area contributed by atoms with Gasteiger partial charge in [0.05, 0.1) is 14.2 Å². The summed E-state index contributed by atoms with van der Waals surface area (Å²) >= 11 is 0. The molecule has 0 aliphatic rings. The van der Waals surface area contributed by atoms with Gasteiger partial charge in [0.25, 0.3) is 0 Å². The zero-order chi connectivity index (χ0) is 27.8. The Bertz CT molecular complexity index is 1550. The van der Waals surface area contributed by atoms with E-state index in [9.17, 15) is 19.2 Å². The van der Waals surface area contributed by atoms with E-state index < -0.39 is 29.7 Å². The molecule has 39 heavy (non-hydrogen) atoms. The lowest BCUT2D eigenvalue weighted by Crippen LogP contribution is -2.42. The van der Waals surface area contributed by atoms with Crippen LogP contribution in [-0.2, 0) is 37.0 Å². The van der Waals surface area contributed by atoms with Crippen molar-refractivity contribution in [3.63, 3.8) is 0 Å². The normalized spacial score (nSPS) is 11.5. The molecule has 0 fully saturated rings. The van der Waals surface area contributed by atoms with Crippen molar-refractivity contribution < 1.29 is 37.7 Å². The fourth-order valence-electron chi connectivity index (χ4n) is 4.08.